The van der Waals surface area contributed by atoms with Gasteiger partial charge in [0.05, 0.1) is 35.3 Å². The molecule has 3 aromatic rings. The molecule has 0 radical (unpaired) electrons. The summed E-state index contributed by atoms with van der Waals surface area (Å²) in [6.45, 7) is 2.44. The van der Waals surface area contributed by atoms with Crippen LogP contribution in [0.2, 0.25) is 0 Å². The predicted octanol–water partition coefficient (Wildman–Crippen LogP) is 3.75. The molecule has 0 unspecified atom stereocenters. The Bertz CT molecular complexity index is 1410. The number of aromatic nitrogens is 1. The highest BCUT2D eigenvalue weighted by Gasteiger charge is 2.35. The fraction of sp³-hybridized carbons (Fsp3) is 0.269. The SMILES string of the molecule is C[C@H]1CN(C(=O)O)c2cc(-c3ccc(N4CCCS4(=O)=O)cc3)ccc2N1C(=O)Cc1ccccn1. The maximum absolute atomic E-state index is 13.3. The van der Waals surface area contributed by atoms with Crippen LogP contribution in [0.3, 0.4) is 0 Å². The Hall–Kier alpha value is -3.92. The molecule has 9 nitrogen and oxygen atoms in total. The Kier molecular flexibility index (Phi) is 6.13. The summed E-state index contributed by atoms with van der Waals surface area (Å²) in [4.78, 5) is 32.5. The number of carbonyl (C=O) groups excluding carboxylic acids is 1. The van der Waals surface area contributed by atoms with Crippen molar-refractivity contribution in [3.63, 3.8) is 0 Å². The van der Waals surface area contributed by atoms with Gasteiger partial charge in [-0.1, -0.05) is 24.3 Å². The standard InChI is InChI=1S/C26H26N4O5S/c1-18-17-28(26(32)33)24-15-20(19-6-9-22(10-7-19)29-13-4-14-36(29,34)35)8-11-23(24)30(18)25(31)16-21-5-2-3-12-27-21/h2-3,5-12,15,18H,4,13-14,16-17H2,1H3,(H,32,33)/t18-/m0/s1. The molecule has 5 rings (SSSR count). The molecule has 1 saturated heterocycles. The van der Waals surface area contributed by atoms with E-state index in [0.717, 1.165) is 11.1 Å². The van der Waals surface area contributed by atoms with Gasteiger partial charge in [0, 0.05) is 25.0 Å². The molecule has 0 aliphatic carbocycles. The first-order valence-electron chi connectivity index (χ1n) is 11.7. The molecule has 0 saturated carbocycles. The van der Waals surface area contributed by atoms with E-state index in [4.69, 9.17) is 0 Å². The highest BCUT2D eigenvalue weighted by atomic mass is 32.2. The van der Waals surface area contributed by atoms with Crippen molar-refractivity contribution in [3.05, 3.63) is 72.6 Å². The van der Waals surface area contributed by atoms with E-state index >= 15 is 0 Å². The highest BCUT2D eigenvalue weighted by molar-refractivity contribution is 7.93. The summed E-state index contributed by atoms with van der Waals surface area (Å²) in [6, 6.07) is 17.6. The molecule has 2 aromatic carbocycles. The van der Waals surface area contributed by atoms with Crippen molar-refractivity contribution in [2.24, 2.45) is 0 Å². The van der Waals surface area contributed by atoms with E-state index in [-0.39, 0.29) is 30.7 Å². The lowest BCUT2D eigenvalue weighted by molar-refractivity contribution is -0.118. The van der Waals surface area contributed by atoms with Crippen LogP contribution < -0.4 is 14.1 Å². The third-order valence-electron chi connectivity index (χ3n) is 6.56. The fourth-order valence-electron chi connectivity index (χ4n) is 4.86. The zero-order valence-corrected chi connectivity index (χ0v) is 20.6. The summed E-state index contributed by atoms with van der Waals surface area (Å²) in [7, 11) is -3.27. The quantitative estimate of drug-likeness (QED) is 0.577. The molecular weight excluding hydrogens is 480 g/mol. The zero-order valence-electron chi connectivity index (χ0n) is 19.7. The number of hydrogen-bond donors (Lipinski definition) is 1. The Labute approximate surface area is 209 Å². The van der Waals surface area contributed by atoms with E-state index < -0.39 is 16.1 Å². The van der Waals surface area contributed by atoms with Gasteiger partial charge in [-0.2, -0.15) is 0 Å². The number of nitrogens with zero attached hydrogens (tertiary/aromatic N) is 4. The van der Waals surface area contributed by atoms with Gasteiger partial charge in [-0.05, 0) is 60.9 Å². The monoisotopic (exact) mass is 506 g/mol. The summed E-state index contributed by atoms with van der Waals surface area (Å²) in [5, 5.41) is 9.88. The van der Waals surface area contributed by atoms with Gasteiger partial charge in [0.1, 0.15) is 0 Å². The molecule has 2 amide bonds. The van der Waals surface area contributed by atoms with E-state index in [2.05, 4.69) is 4.98 Å². The van der Waals surface area contributed by atoms with Gasteiger partial charge >= 0.3 is 6.09 Å². The van der Waals surface area contributed by atoms with Crippen LogP contribution >= 0.6 is 0 Å². The third kappa shape index (κ3) is 4.39. The first-order chi connectivity index (χ1) is 17.2. The van der Waals surface area contributed by atoms with Crippen molar-refractivity contribution >= 4 is 39.1 Å². The lowest BCUT2D eigenvalue weighted by Gasteiger charge is -2.40. The van der Waals surface area contributed by atoms with Crippen molar-refractivity contribution in [1.82, 2.24) is 4.98 Å². The van der Waals surface area contributed by atoms with Gasteiger partial charge in [-0.3, -0.25) is 19.0 Å². The number of pyridine rings is 1. The van der Waals surface area contributed by atoms with Crippen LogP contribution in [0, 0.1) is 0 Å². The topological polar surface area (TPSA) is 111 Å². The van der Waals surface area contributed by atoms with Crippen LogP contribution in [-0.2, 0) is 21.2 Å². The van der Waals surface area contributed by atoms with Gasteiger partial charge in [-0.15, -0.1) is 0 Å². The number of carboxylic acid groups (broad SMARTS) is 1. The summed E-state index contributed by atoms with van der Waals surface area (Å²) in [5.74, 6) is -0.00473. The Morgan fingerprint density at radius 1 is 1.03 bits per heavy atom. The molecule has 2 aliphatic heterocycles. The van der Waals surface area contributed by atoms with E-state index in [9.17, 15) is 23.1 Å². The number of anilines is 3. The van der Waals surface area contributed by atoms with Crippen LogP contribution in [0.1, 0.15) is 19.0 Å². The van der Waals surface area contributed by atoms with Gasteiger partial charge in [-0.25, -0.2) is 13.2 Å². The first-order valence-corrected chi connectivity index (χ1v) is 13.3. The average Bonchev–Trinajstić information content (AvgIpc) is 3.22. The average molecular weight is 507 g/mol. The van der Waals surface area contributed by atoms with Crippen LogP contribution in [0.4, 0.5) is 21.9 Å². The molecule has 3 heterocycles. The van der Waals surface area contributed by atoms with E-state index in [1.54, 1.807) is 47.5 Å². The van der Waals surface area contributed by atoms with Crippen LogP contribution in [0.15, 0.2) is 66.9 Å². The Morgan fingerprint density at radius 2 is 1.78 bits per heavy atom. The number of sulfonamides is 1. The maximum atomic E-state index is 13.3. The second-order valence-electron chi connectivity index (χ2n) is 9.00. The second-order valence-corrected chi connectivity index (χ2v) is 11.0. The molecule has 1 atom stereocenters. The largest absolute Gasteiger partial charge is 0.465 e. The normalized spacial score (nSPS) is 18.7. The van der Waals surface area contributed by atoms with E-state index in [1.165, 1.54) is 9.21 Å². The minimum Gasteiger partial charge on any atom is -0.465 e. The summed E-state index contributed by atoms with van der Waals surface area (Å²) < 4.78 is 25.9. The number of fused-ring (bicyclic) bond motifs is 1. The highest BCUT2D eigenvalue weighted by Crippen LogP contribution is 2.39. The number of amides is 2. The lowest BCUT2D eigenvalue weighted by Crippen LogP contribution is -2.52. The number of rotatable bonds is 4. The summed E-state index contributed by atoms with van der Waals surface area (Å²) in [5.41, 5.74) is 3.80. The molecular formula is C26H26N4O5S. The zero-order chi connectivity index (χ0) is 25.4. The first kappa shape index (κ1) is 23.8. The van der Waals surface area contributed by atoms with Crippen LogP contribution in [0.25, 0.3) is 11.1 Å². The minimum atomic E-state index is -3.27. The predicted molar refractivity (Wildman–Crippen MR) is 138 cm³/mol. The molecule has 36 heavy (non-hydrogen) atoms. The van der Waals surface area contributed by atoms with Gasteiger partial charge in [0.2, 0.25) is 15.9 Å². The van der Waals surface area contributed by atoms with Gasteiger partial charge in [0.25, 0.3) is 0 Å². The summed E-state index contributed by atoms with van der Waals surface area (Å²) >= 11 is 0. The molecule has 186 valence electrons. The maximum Gasteiger partial charge on any atom is 0.411 e. The summed E-state index contributed by atoms with van der Waals surface area (Å²) in [6.07, 6.45) is 1.26. The molecule has 0 bridgehead atoms. The molecule has 0 spiro atoms. The van der Waals surface area contributed by atoms with Crippen LogP contribution in [-0.4, -0.2) is 55.4 Å². The van der Waals surface area contributed by atoms with Crippen molar-refractivity contribution in [2.75, 3.05) is 32.9 Å². The molecule has 1 aromatic heterocycles. The molecule has 2 aliphatic rings. The van der Waals surface area contributed by atoms with Crippen molar-refractivity contribution in [3.8, 4) is 11.1 Å². The van der Waals surface area contributed by atoms with Gasteiger partial charge in [0.15, 0.2) is 0 Å². The third-order valence-corrected chi connectivity index (χ3v) is 8.43. The van der Waals surface area contributed by atoms with Crippen LogP contribution in [0.5, 0.6) is 0 Å². The Balaban J connectivity index is 1.48. The minimum absolute atomic E-state index is 0.111. The van der Waals surface area contributed by atoms with Crippen molar-refractivity contribution in [1.29, 1.82) is 0 Å². The van der Waals surface area contributed by atoms with Crippen molar-refractivity contribution in [2.45, 2.75) is 25.8 Å². The molecule has 1 fully saturated rings. The van der Waals surface area contributed by atoms with Gasteiger partial charge < -0.3 is 10.0 Å². The van der Waals surface area contributed by atoms with Crippen molar-refractivity contribution < 1.29 is 23.1 Å². The second kappa shape index (κ2) is 9.27. The smallest absolute Gasteiger partial charge is 0.411 e. The fourth-order valence-corrected chi connectivity index (χ4v) is 6.42. The number of benzene rings is 2. The lowest BCUT2D eigenvalue weighted by atomic mass is 10.00. The number of carbonyl (C=O) groups is 2. The van der Waals surface area contributed by atoms with E-state index in [1.807, 2.05) is 31.2 Å². The number of hydrogen-bond acceptors (Lipinski definition) is 5. The van der Waals surface area contributed by atoms with E-state index in [0.29, 0.717) is 35.7 Å². The molecule has 10 heteroatoms. The molecule has 1 N–H and O–H groups in total. The Morgan fingerprint density at radius 3 is 2.42 bits per heavy atom.